The molecule has 62 valence electrons. The van der Waals surface area contributed by atoms with E-state index >= 15 is 0 Å². The van der Waals surface area contributed by atoms with Crippen LogP contribution in [0.25, 0.3) is 0 Å². The Bertz CT molecular complexity index is 187. The largest absolute Gasteiger partial charge is 0.386 e. The highest BCUT2D eigenvalue weighted by molar-refractivity contribution is 5.26. The van der Waals surface area contributed by atoms with E-state index in [0.717, 1.165) is 18.5 Å². The van der Waals surface area contributed by atoms with E-state index in [2.05, 4.69) is 5.73 Å². The van der Waals surface area contributed by atoms with Gasteiger partial charge in [0.2, 0.25) is 0 Å². The summed E-state index contributed by atoms with van der Waals surface area (Å²) >= 11 is 0. The molecule has 0 fully saturated rings. The second kappa shape index (κ2) is 3.67. The van der Waals surface area contributed by atoms with Gasteiger partial charge >= 0.3 is 0 Å². The minimum Gasteiger partial charge on any atom is -0.386 e. The molecule has 3 heteroatoms. The number of allylic oxidation sites excluding steroid dienone is 1. The maximum atomic E-state index is 9.18. The summed E-state index contributed by atoms with van der Waals surface area (Å²) in [5.41, 5.74) is 4.76. The minimum atomic E-state index is -0.735. The van der Waals surface area contributed by atoms with Crippen molar-refractivity contribution in [3.05, 3.63) is 23.8 Å². The Hall–Kier alpha value is -0.640. The molecule has 0 aromatic carbocycles. The van der Waals surface area contributed by atoms with Crippen molar-refractivity contribution in [2.75, 3.05) is 6.54 Å². The smallest absolute Gasteiger partial charge is 0.102 e. The third-order valence-electron chi connectivity index (χ3n) is 1.71. The molecule has 11 heavy (non-hydrogen) atoms. The van der Waals surface area contributed by atoms with Gasteiger partial charge in [0.05, 0.1) is 6.54 Å². The molecule has 1 rings (SSSR count). The number of hydrogen-bond acceptors (Lipinski definition) is 2. The first-order valence-corrected chi connectivity index (χ1v) is 3.78. The maximum absolute atomic E-state index is 9.18. The molecule has 0 spiro atoms. The zero-order valence-corrected chi connectivity index (χ0v) is 6.40. The Morgan fingerprint density at radius 3 is 2.64 bits per heavy atom. The van der Waals surface area contributed by atoms with Crippen LogP contribution in [0.15, 0.2) is 23.8 Å². The summed E-state index contributed by atoms with van der Waals surface area (Å²) in [6.45, 7) is 0.818. The molecule has 0 radical (unpaired) electrons. The standard InChI is InChI=1S/C8H13NO2/c9-4-3-6-1-2-7(10)8(11)5-6/h1-2,5,7-8,10-11H,3-4,9H2/p+1. The number of aliphatic hydroxyl groups excluding tert-OH is 2. The zero-order chi connectivity index (χ0) is 8.27. The van der Waals surface area contributed by atoms with Gasteiger partial charge in [-0.3, -0.25) is 0 Å². The molecule has 0 heterocycles. The van der Waals surface area contributed by atoms with Crippen LogP contribution in [0.3, 0.4) is 0 Å². The Balaban J connectivity index is 2.57. The fourth-order valence-corrected chi connectivity index (χ4v) is 1.08. The van der Waals surface area contributed by atoms with E-state index < -0.39 is 12.2 Å². The van der Waals surface area contributed by atoms with Gasteiger partial charge in [-0.05, 0) is 11.6 Å². The Morgan fingerprint density at radius 1 is 1.36 bits per heavy atom. The van der Waals surface area contributed by atoms with Gasteiger partial charge in [0.15, 0.2) is 0 Å². The van der Waals surface area contributed by atoms with Crippen LogP contribution in [0.1, 0.15) is 6.42 Å². The molecule has 2 atom stereocenters. The van der Waals surface area contributed by atoms with E-state index in [4.69, 9.17) is 5.11 Å². The monoisotopic (exact) mass is 156 g/mol. The third-order valence-corrected chi connectivity index (χ3v) is 1.71. The molecule has 1 aliphatic rings. The Labute approximate surface area is 65.8 Å². The van der Waals surface area contributed by atoms with Gasteiger partial charge in [-0.2, -0.15) is 0 Å². The highest BCUT2D eigenvalue weighted by atomic mass is 16.3. The van der Waals surface area contributed by atoms with E-state index in [1.807, 2.05) is 6.08 Å². The topological polar surface area (TPSA) is 68.1 Å². The van der Waals surface area contributed by atoms with Crippen LogP contribution in [0.2, 0.25) is 0 Å². The van der Waals surface area contributed by atoms with Crippen molar-refractivity contribution in [1.82, 2.24) is 0 Å². The van der Waals surface area contributed by atoms with Crippen LogP contribution in [0, 0.1) is 0 Å². The number of quaternary nitrogens is 1. The quantitative estimate of drug-likeness (QED) is 0.472. The maximum Gasteiger partial charge on any atom is 0.102 e. The molecule has 0 aromatic heterocycles. The van der Waals surface area contributed by atoms with Gasteiger partial charge in [-0.25, -0.2) is 0 Å². The van der Waals surface area contributed by atoms with E-state index in [0.29, 0.717) is 0 Å². The summed E-state index contributed by atoms with van der Waals surface area (Å²) in [5.74, 6) is 0. The molecule has 0 aliphatic heterocycles. The first-order chi connectivity index (χ1) is 5.24. The normalized spacial score (nSPS) is 30.3. The first-order valence-electron chi connectivity index (χ1n) is 3.78. The second-order valence-electron chi connectivity index (χ2n) is 2.69. The number of hydrogen-bond donors (Lipinski definition) is 3. The number of aliphatic hydroxyl groups is 2. The summed E-state index contributed by atoms with van der Waals surface area (Å²) in [5, 5.41) is 18.2. The summed E-state index contributed by atoms with van der Waals surface area (Å²) in [4.78, 5) is 0. The van der Waals surface area contributed by atoms with E-state index in [-0.39, 0.29) is 0 Å². The zero-order valence-electron chi connectivity index (χ0n) is 6.40. The highest BCUT2D eigenvalue weighted by Crippen LogP contribution is 2.12. The van der Waals surface area contributed by atoms with Crippen molar-refractivity contribution in [1.29, 1.82) is 0 Å². The molecule has 1 aliphatic carbocycles. The molecular formula is C8H14NO2+. The van der Waals surface area contributed by atoms with E-state index in [9.17, 15) is 5.11 Å². The summed E-state index contributed by atoms with van der Waals surface area (Å²) in [7, 11) is 0. The van der Waals surface area contributed by atoms with Gasteiger partial charge in [0.1, 0.15) is 12.2 Å². The first kappa shape index (κ1) is 8.46. The lowest BCUT2D eigenvalue weighted by atomic mass is 10.0. The average molecular weight is 156 g/mol. The van der Waals surface area contributed by atoms with Crippen LogP contribution in [-0.4, -0.2) is 29.0 Å². The van der Waals surface area contributed by atoms with Crippen molar-refractivity contribution < 1.29 is 15.9 Å². The van der Waals surface area contributed by atoms with Crippen molar-refractivity contribution in [2.45, 2.75) is 18.6 Å². The molecule has 0 bridgehead atoms. The lowest BCUT2D eigenvalue weighted by Gasteiger charge is -2.16. The molecule has 2 unspecified atom stereocenters. The fraction of sp³-hybridized carbons (Fsp3) is 0.500. The Kier molecular flexibility index (Phi) is 2.82. The molecule has 5 N–H and O–H groups in total. The van der Waals surface area contributed by atoms with E-state index in [1.54, 1.807) is 12.2 Å². The van der Waals surface area contributed by atoms with Crippen LogP contribution >= 0.6 is 0 Å². The average Bonchev–Trinajstić information content (AvgIpc) is 1.98. The third kappa shape index (κ3) is 2.15. The predicted octanol–water partition coefficient (Wildman–Crippen LogP) is -1.16. The SMILES string of the molecule is [NH3+]CCC1=CC(O)C(O)C=C1. The van der Waals surface area contributed by atoms with Gasteiger partial charge < -0.3 is 15.9 Å². The molecular weight excluding hydrogens is 142 g/mol. The Morgan fingerprint density at radius 2 is 2.09 bits per heavy atom. The second-order valence-corrected chi connectivity index (χ2v) is 2.69. The molecule has 0 saturated heterocycles. The molecule has 0 saturated carbocycles. The van der Waals surface area contributed by atoms with Gasteiger partial charge in [0.25, 0.3) is 0 Å². The lowest BCUT2D eigenvalue weighted by Crippen LogP contribution is -2.50. The summed E-state index contributed by atoms with van der Waals surface area (Å²) in [6.07, 6.45) is 4.51. The van der Waals surface area contributed by atoms with Crippen molar-refractivity contribution in [3.8, 4) is 0 Å². The van der Waals surface area contributed by atoms with Crippen LogP contribution in [0.5, 0.6) is 0 Å². The molecule has 3 nitrogen and oxygen atoms in total. The van der Waals surface area contributed by atoms with E-state index in [1.165, 1.54) is 0 Å². The molecule has 0 amide bonds. The molecule has 0 aromatic rings. The van der Waals surface area contributed by atoms with Crippen LogP contribution in [-0.2, 0) is 0 Å². The minimum absolute atomic E-state index is 0.733. The van der Waals surface area contributed by atoms with Gasteiger partial charge in [-0.15, -0.1) is 0 Å². The van der Waals surface area contributed by atoms with Crippen molar-refractivity contribution in [3.63, 3.8) is 0 Å². The fourth-order valence-electron chi connectivity index (χ4n) is 1.08. The van der Waals surface area contributed by atoms with Gasteiger partial charge in [-0.1, -0.05) is 12.2 Å². The number of rotatable bonds is 2. The predicted molar refractivity (Wildman–Crippen MR) is 41.6 cm³/mol. The van der Waals surface area contributed by atoms with Crippen LogP contribution < -0.4 is 5.73 Å². The van der Waals surface area contributed by atoms with Gasteiger partial charge in [0, 0.05) is 6.42 Å². The van der Waals surface area contributed by atoms with Crippen LogP contribution in [0.4, 0.5) is 0 Å². The lowest BCUT2D eigenvalue weighted by molar-refractivity contribution is -0.366. The van der Waals surface area contributed by atoms with Crippen molar-refractivity contribution in [2.24, 2.45) is 0 Å². The summed E-state index contributed by atoms with van der Waals surface area (Å²) < 4.78 is 0. The summed E-state index contributed by atoms with van der Waals surface area (Å²) in [6, 6.07) is 0. The highest BCUT2D eigenvalue weighted by Gasteiger charge is 2.14. The van der Waals surface area contributed by atoms with Crippen molar-refractivity contribution >= 4 is 0 Å².